The number of hydrogen-bond donors (Lipinski definition) is 0. The fourth-order valence-corrected chi connectivity index (χ4v) is 3.23. The van der Waals surface area contributed by atoms with Crippen LogP contribution < -0.4 is 9.47 Å². The molecule has 0 aliphatic carbocycles. The fraction of sp³-hybridized carbons (Fsp3) is 0.350. The second-order valence-electron chi connectivity index (χ2n) is 6.15. The molecule has 0 radical (unpaired) electrons. The van der Waals surface area contributed by atoms with Crippen LogP contribution in [0.4, 0.5) is 0 Å². The Morgan fingerprint density at radius 2 is 1.77 bits per heavy atom. The average Bonchev–Trinajstić information content (AvgIpc) is 2.68. The van der Waals surface area contributed by atoms with Gasteiger partial charge in [-0.1, -0.05) is 35.9 Å². The van der Waals surface area contributed by atoms with E-state index in [-0.39, 0.29) is 0 Å². The number of methoxy groups -OCH3 is 2. The van der Waals surface area contributed by atoms with Crippen LogP contribution in [0, 0.1) is 0 Å². The molecule has 0 bridgehead atoms. The van der Waals surface area contributed by atoms with Gasteiger partial charge in [-0.05, 0) is 23.8 Å². The lowest BCUT2D eigenvalue weighted by Crippen LogP contribution is -2.43. The van der Waals surface area contributed by atoms with E-state index < -0.39 is 0 Å². The Balaban J connectivity index is 1.57. The summed E-state index contributed by atoms with van der Waals surface area (Å²) in [5.41, 5.74) is 2.08. The lowest BCUT2D eigenvalue weighted by Gasteiger charge is -2.33. The van der Waals surface area contributed by atoms with Crippen molar-refractivity contribution in [3.05, 3.63) is 58.6 Å². The molecular formula is C20H24ClN3O2. The first-order chi connectivity index (χ1) is 12.7. The Bertz CT molecular complexity index is 758. The molecule has 5 nitrogen and oxygen atoms in total. The molecule has 0 amide bonds. The van der Waals surface area contributed by atoms with Crippen LogP contribution in [0.15, 0.2) is 47.6 Å². The van der Waals surface area contributed by atoms with Crippen LogP contribution in [0.5, 0.6) is 11.5 Å². The Morgan fingerprint density at radius 1 is 1.00 bits per heavy atom. The minimum Gasteiger partial charge on any atom is -0.493 e. The van der Waals surface area contributed by atoms with Crippen molar-refractivity contribution < 1.29 is 9.47 Å². The summed E-state index contributed by atoms with van der Waals surface area (Å²) in [5.74, 6) is 1.41. The van der Waals surface area contributed by atoms with E-state index in [2.05, 4.69) is 21.1 Å². The number of para-hydroxylation sites is 1. The van der Waals surface area contributed by atoms with Crippen molar-refractivity contribution in [1.29, 1.82) is 0 Å². The number of rotatable bonds is 6. The molecule has 1 heterocycles. The van der Waals surface area contributed by atoms with E-state index in [1.54, 1.807) is 14.2 Å². The summed E-state index contributed by atoms with van der Waals surface area (Å²) in [6, 6.07) is 13.8. The summed E-state index contributed by atoms with van der Waals surface area (Å²) in [7, 11) is 3.28. The van der Waals surface area contributed by atoms with E-state index in [9.17, 15) is 0 Å². The highest BCUT2D eigenvalue weighted by atomic mass is 35.5. The van der Waals surface area contributed by atoms with Gasteiger partial charge in [0, 0.05) is 43.3 Å². The van der Waals surface area contributed by atoms with E-state index in [0.29, 0.717) is 11.5 Å². The van der Waals surface area contributed by atoms with Crippen molar-refractivity contribution in [1.82, 2.24) is 9.91 Å². The van der Waals surface area contributed by atoms with Gasteiger partial charge in [0.25, 0.3) is 0 Å². The van der Waals surface area contributed by atoms with Crippen LogP contribution in [0.1, 0.15) is 11.1 Å². The minimum atomic E-state index is 0.705. The van der Waals surface area contributed by atoms with Gasteiger partial charge in [-0.3, -0.25) is 9.91 Å². The molecule has 0 saturated carbocycles. The maximum Gasteiger partial charge on any atom is 0.169 e. The minimum absolute atomic E-state index is 0.705. The average molecular weight is 374 g/mol. The van der Waals surface area contributed by atoms with Gasteiger partial charge in [-0.2, -0.15) is 5.10 Å². The van der Waals surface area contributed by atoms with Crippen molar-refractivity contribution in [3.63, 3.8) is 0 Å². The first-order valence-corrected chi connectivity index (χ1v) is 9.04. The first-order valence-electron chi connectivity index (χ1n) is 8.67. The predicted molar refractivity (Wildman–Crippen MR) is 105 cm³/mol. The van der Waals surface area contributed by atoms with Crippen LogP contribution in [-0.4, -0.2) is 56.5 Å². The Labute approximate surface area is 159 Å². The number of benzene rings is 2. The first kappa shape index (κ1) is 18.5. The van der Waals surface area contributed by atoms with Crippen molar-refractivity contribution in [2.45, 2.75) is 6.54 Å². The molecule has 0 aromatic heterocycles. The van der Waals surface area contributed by atoms with Crippen LogP contribution in [0.3, 0.4) is 0 Å². The summed E-state index contributed by atoms with van der Waals surface area (Å²) in [5, 5.41) is 7.53. The molecule has 0 atom stereocenters. The topological polar surface area (TPSA) is 37.3 Å². The van der Waals surface area contributed by atoms with E-state index in [1.807, 2.05) is 42.6 Å². The van der Waals surface area contributed by atoms with Crippen LogP contribution >= 0.6 is 11.6 Å². The van der Waals surface area contributed by atoms with E-state index in [1.165, 1.54) is 5.56 Å². The predicted octanol–water partition coefficient (Wildman–Crippen LogP) is 3.51. The van der Waals surface area contributed by atoms with Gasteiger partial charge in [0.05, 0.1) is 20.4 Å². The molecule has 1 aliphatic rings. The fourth-order valence-electron chi connectivity index (χ4n) is 3.04. The molecule has 2 aromatic carbocycles. The van der Waals surface area contributed by atoms with E-state index in [4.69, 9.17) is 21.1 Å². The monoisotopic (exact) mass is 373 g/mol. The van der Waals surface area contributed by atoms with Gasteiger partial charge in [0.1, 0.15) is 0 Å². The van der Waals surface area contributed by atoms with Crippen molar-refractivity contribution in [3.8, 4) is 11.5 Å². The molecule has 26 heavy (non-hydrogen) atoms. The second-order valence-corrected chi connectivity index (χ2v) is 6.56. The molecule has 0 spiro atoms. The highest BCUT2D eigenvalue weighted by Gasteiger charge is 2.16. The van der Waals surface area contributed by atoms with E-state index >= 15 is 0 Å². The van der Waals surface area contributed by atoms with Gasteiger partial charge >= 0.3 is 0 Å². The third kappa shape index (κ3) is 4.48. The standard InChI is InChI=1S/C20H24ClN3O2/c1-25-19-9-5-7-16(20(19)26-2)14-22-24-12-10-23(11-13-24)15-17-6-3-4-8-18(17)21/h3-9,14H,10-13,15H2,1-2H3/b22-14+. The van der Waals surface area contributed by atoms with E-state index in [0.717, 1.165) is 43.3 Å². The van der Waals surface area contributed by atoms with Crippen LogP contribution in [-0.2, 0) is 6.54 Å². The molecule has 1 aliphatic heterocycles. The summed E-state index contributed by atoms with van der Waals surface area (Å²) in [6.45, 7) is 4.55. The second kappa shape index (κ2) is 8.92. The molecular weight excluding hydrogens is 350 g/mol. The number of hydrogen-bond acceptors (Lipinski definition) is 5. The molecule has 3 rings (SSSR count). The number of halogens is 1. The Hall–Kier alpha value is -2.24. The summed E-state index contributed by atoms with van der Waals surface area (Å²) in [6.07, 6.45) is 1.84. The number of ether oxygens (including phenoxy) is 2. The molecule has 0 N–H and O–H groups in total. The van der Waals surface area contributed by atoms with Crippen LogP contribution in [0.25, 0.3) is 0 Å². The molecule has 0 unspecified atom stereocenters. The number of hydrazone groups is 1. The van der Waals surface area contributed by atoms with Crippen LogP contribution in [0.2, 0.25) is 5.02 Å². The van der Waals surface area contributed by atoms with Gasteiger partial charge in [0.2, 0.25) is 0 Å². The van der Waals surface area contributed by atoms with Gasteiger partial charge in [-0.25, -0.2) is 0 Å². The largest absolute Gasteiger partial charge is 0.493 e. The lowest BCUT2D eigenvalue weighted by atomic mass is 10.2. The third-order valence-corrected chi connectivity index (χ3v) is 4.86. The summed E-state index contributed by atoms with van der Waals surface area (Å²) >= 11 is 6.26. The molecule has 1 fully saturated rings. The zero-order valence-corrected chi connectivity index (χ0v) is 15.9. The number of nitrogens with zero attached hydrogens (tertiary/aromatic N) is 3. The summed E-state index contributed by atoms with van der Waals surface area (Å²) in [4.78, 5) is 2.40. The van der Waals surface area contributed by atoms with Gasteiger partial charge < -0.3 is 9.47 Å². The number of piperazine rings is 1. The van der Waals surface area contributed by atoms with Gasteiger partial charge in [0.15, 0.2) is 11.5 Å². The quantitative estimate of drug-likeness (QED) is 0.726. The SMILES string of the molecule is COc1cccc(/C=N/N2CCN(Cc3ccccc3Cl)CC2)c1OC. The normalized spacial score (nSPS) is 15.4. The zero-order chi connectivity index (χ0) is 18.4. The maximum absolute atomic E-state index is 6.26. The Morgan fingerprint density at radius 3 is 2.46 bits per heavy atom. The van der Waals surface area contributed by atoms with Crippen molar-refractivity contribution >= 4 is 17.8 Å². The highest BCUT2D eigenvalue weighted by Crippen LogP contribution is 2.29. The molecule has 138 valence electrons. The van der Waals surface area contributed by atoms with Gasteiger partial charge in [-0.15, -0.1) is 0 Å². The third-order valence-electron chi connectivity index (χ3n) is 4.49. The zero-order valence-electron chi connectivity index (χ0n) is 15.2. The molecule has 6 heteroatoms. The van der Waals surface area contributed by atoms with Crippen molar-refractivity contribution in [2.75, 3.05) is 40.4 Å². The Kier molecular flexibility index (Phi) is 6.36. The summed E-state index contributed by atoms with van der Waals surface area (Å²) < 4.78 is 10.8. The lowest BCUT2D eigenvalue weighted by molar-refractivity contribution is 0.131. The van der Waals surface area contributed by atoms with Crippen molar-refractivity contribution in [2.24, 2.45) is 5.10 Å². The molecule has 1 saturated heterocycles. The molecule has 2 aromatic rings. The smallest absolute Gasteiger partial charge is 0.169 e. The highest BCUT2D eigenvalue weighted by molar-refractivity contribution is 6.31. The maximum atomic E-state index is 6.26.